The average Bonchev–Trinajstić information content (AvgIpc) is 2.89. The van der Waals surface area contributed by atoms with E-state index in [0.29, 0.717) is 16.3 Å². The summed E-state index contributed by atoms with van der Waals surface area (Å²) in [7, 11) is 0. The zero-order valence-corrected chi connectivity index (χ0v) is 16.9. The number of hydrogen-bond acceptors (Lipinski definition) is 3. The van der Waals surface area contributed by atoms with Crippen LogP contribution in [0.1, 0.15) is 62.5 Å². The summed E-state index contributed by atoms with van der Waals surface area (Å²) in [4.78, 5) is 24.6. The molecule has 1 aliphatic carbocycles. The standard InChI is InChI=1S/C23H21ClN2O3/c1-14-6-5-8-18(24)20(14)22(27)21-17-7-3-2-4-9-19(17)26(25-21)16-12-10-15(11-13-16)23(28)29/h5-6,8,10-13H,2-4,7,9H2,1H3,(H,28,29). The molecule has 1 N–H and O–H groups in total. The number of fused-ring (bicyclic) bond motifs is 1. The van der Waals surface area contributed by atoms with Crippen molar-refractivity contribution < 1.29 is 14.7 Å². The number of carbonyl (C=O) groups excluding carboxylic acids is 1. The number of ketones is 1. The summed E-state index contributed by atoms with van der Waals surface area (Å²) in [5, 5.41) is 14.3. The summed E-state index contributed by atoms with van der Waals surface area (Å²) in [5.41, 5.74) is 4.74. The van der Waals surface area contributed by atoms with Gasteiger partial charge >= 0.3 is 5.97 Å². The van der Waals surface area contributed by atoms with Crippen molar-refractivity contribution in [1.29, 1.82) is 0 Å². The second kappa shape index (κ2) is 7.84. The lowest BCUT2D eigenvalue weighted by molar-refractivity contribution is 0.0696. The molecule has 3 aromatic rings. The number of aromatic carboxylic acids is 1. The number of carboxylic acids is 1. The molecule has 0 saturated heterocycles. The van der Waals surface area contributed by atoms with Gasteiger partial charge in [0.05, 0.1) is 16.3 Å². The molecule has 0 radical (unpaired) electrons. The van der Waals surface area contributed by atoms with Crippen molar-refractivity contribution in [2.75, 3.05) is 0 Å². The molecule has 4 rings (SSSR count). The van der Waals surface area contributed by atoms with Crippen molar-refractivity contribution in [3.63, 3.8) is 0 Å². The highest BCUT2D eigenvalue weighted by Gasteiger charge is 2.27. The van der Waals surface area contributed by atoms with E-state index in [0.717, 1.165) is 54.6 Å². The van der Waals surface area contributed by atoms with Gasteiger partial charge < -0.3 is 5.11 Å². The van der Waals surface area contributed by atoms with E-state index in [1.807, 2.05) is 19.1 Å². The number of halogens is 1. The van der Waals surface area contributed by atoms with E-state index in [1.165, 1.54) is 0 Å². The van der Waals surface area contributed by atoms with E-state index in [1.54, 1.807) is 35.0 Å². The first-order valence-corrected chi connectivity index (χ1v) is 10.1. The van der Waals surface area contributed by atoms with Crippen LogP contribution >= 0.6 is 11.6 Å². The van der Waals surface area contributed by atoms with Crippen LogP contribution in [0.4, 0.5) is 0 Å². The van der Waals surface area contributed by atoms with Crippen LogP contribution in [0, 0.1) is 6.92 Å². The number of carbonyl (C=O) groups is 2. The molecule has 0 bridgehead atoms. The van der Waals surface area contributed by atoms with Crippen molar-refractivity contribution in [3.8, 4) is 5.69 Å². The van der Waals surface area contributed by atoms with Crippen molar-refractivity contribution in [3.05, 3.63) is 81.1 Å². The Morgan fingerprint density at radius 3 is 2.45 bits per heavy atom. The summed E-state index contributed by atoms with van der Waals surface area (Å²) < 4.78 is 1.80. The molecule has 0 fully saturated rings. The van der Waals surface area contributed by atoms with Gasteiger partial charge in [-0.05, 0) is 68.5 Å². The van der Waals surface area contributed by atoms with Gasteiger partial charge in [-0.15, -0.1) is 0 Å². The van der Waals surface area contributed by atoms with Gasteiger partial charge in [0.15, 0.2) is 0 Å². The second-order valence-corrected chi connectivity index (χ2v) is 7.77. The smallest absolute Gasteiger partial charge is 0.335 e. The van der Waals surface area contributed by atoms with Gasteiger partial charge in [-0.1, -0.05) is 30.2 Å². The fourth-order valence-corrected chi connectivity index (χ4v) is 4.26. The molecule has 6 heteroatoms. The molecule has 0 aliphatic heterocycles. The normalized spacial score (nSPS) is 13.6. The molecule has 0 saturated carbocycles. The van der Waals surface area contributed by atoms with Crippen LogP contribution in [0.25, 0.3) is 5.69 Å². The zero-order valence-electron chi connectivity index (χ0n) is 16.1. The lowest BCUT2D eigenvalue weighted by Crippen LogP contribution is -2.09. The Morgan fingerprint density at radius 1 is 1.03 bits per heavy atom. The monoisotopic (exact) mass is 408 g/mol. The molecule has 29 heavy (non-hydrogen) atoms. The molecule has 5 nitrogen and oxygen atoms in total. The summed E-state index contributed by atoms with van der Waals surface area (Å²) in [6.07, 6.45) is 4.78. The van der Waals surface area contributed by atoms with Crippen LogP contribution in [-0.4, -0.2) is 26.6 Å². The number of nitrogens with zero attached hydrogens (tertiary/aromatic N) is 2. The molecular weight excluding hydrogens is 388 g/mol. The molecule has 148 valence electrons. The summed E-state index contributed by atoms with van der Waals surface area (Å²) in [5.74, 6) is -1.13. The number of carboxylic acid groups (broad SMARTS) is 1. The van der Waals surface area contributed by atoms with E-state index in [2.05, 4.69) is 0 Å². The quantitative estimate of drug-likeness (QED) is 0.485. The summed E-state index contributed by atoms with van der Waals surface area (Å²) in [6, 6.07) is 12.0. The molecule has 1 aromatic heterocycles. The van der Waals surface area contributed by atoms with Crippen molar-refractivity contribution >= 4 is 23.4 Å². The van der Waals surface area contributed by atoms with Crippen LogP contribution in [-0.2, 0) is 12.8 Å². The SMILES string of the molecule is Cc1cccc(Cl)c1C(=O)c1nn(-c2ccc(C(=O)O)cc2)c2c1CCCCC2. The van der Waals surface area contributed by atoms with Crippen molar-refractivity contribution in [2.45, 2.75) is 39.0 Å². The van der Waals surface area contributed by atoms with Gasteiger partial charge in [-0.25, -0.2) is 9.48 Å². The van der Waals surface area contributed by atoms with Crippen LogP contribution in [0.3, 0.4) is 0 Å². The molecule has 1 heterocycles. The van der Waals surface area contributed by atoms with E-state index in [4.69, 9.17) is 21.8 Å². The van der Waals surface area contributed by atoms with Crippen LogP contribution < -0.4 is 0 Å². The van der Waals surface area contributed by atoms with Crippen molar-refractivity contribution in [1.82, 2.24) is 9.78 Å². The lowest BCUT2D eigenvalue weighted by atomic mass is 9.98. The van der Waals surface area contributed by atoms with E-state index in [9.17, 15) is 9.59 Å². The van der Waals surface area contributed by atoms with E-state index in [-0.39, 0.29) is 11.3 Å². The Hall–Kier alpha value is -2.92. The van der Waals surface area contributed by atoms with Gasteiger partial charge in [0.1, 0.15) is 5.69 Å². The lowest BCUT2D eigenvalue weighted by Gasteiger charge is -2.07. The number of aromatic nitrogens is 2. The summed E-state index contributed by atoms with van der Waals surface area (Å²) in [6.45, 7) is 1.87. The number of hydrogen-bond donors (Lipinski definition) is 1. The maximum Gasteiger partial charge on any atom is 0.335 e. The van der Waals surface area contributed by atoms with Gasteiger partial charge in [0.2, 0.25) is 5.78 Å². The van der Waals surface area contributed by atoms with Crippen molar-refractivity contribution in [2.24, 2.45) is 0 Å². The Balaban J connectivity index is 1.85. The highest BCUT2D eigenvalue weighted by atomic mass is 35.5. The highest BCUT2D eigenvalue weighted by Crippen LogP contribution is 2.30. The molecule has 0 amide bonds. The van der Waals surface area contributed by atoms with Crippen LogP contribution in [0.5, 0.6) is 0 Å². The Kier molecular flexibility index (Phi) is 5.24. The van der Waals surface area contributed by atoms with Crippen LogP contribution in [0.15, 0.2) is 42.5 Å². The van der Waals surface area contributed by atoms with Gasteiger partial charge in [0.25, 0.3) is 0 Å². The zero-order chi connectivity index (χ0) is 20.5. The third-order valence-electron chi connectivity index (χ3n) is 5.45. The van der Waals surface area contributed by atoms with Gasteiger partial charge in [-0.3, -0.25) is 4.79 Å². The largest absolute Gasteiger partial charge is 0.478 e. The van der Waals surface area contributed by atoms with Gasteiger partial charge in [-0.2, -0.15) is 5.10 Å². The molecule has 2 aromatic carbocycles. The van der Waals surface area contributed by atoms with Crippen LogP contribution in [0.2, 0.25) is 5.02 Å². The van der Waals surface area contributed by atoms with E-state index >= 15 is 0 Å². The Bertz CT molecular complexity index is 1080. The highest BCUT2D eigenvalue weighted by molar-refractivity contribution is 6.35. The molecule has 0 spiro atoms. The first-order valence-electron chi connectivity index (χ1n) is 9.71. The fourth-order valence-electron chi connectivity index (χ4n) is 3.95. The average molecular weight is 409 g/mol. The second-order valence-electron chi connectivity index (χ2n) is 7.36. The third kappa shape index (κ3) is 3.58. The number of benzene rings is 2. The van der Waals surface area contributed by atoms with Gasteiger partial charge in [0, 0.05) is 16.8 Å². The predicted octanol–water partition coefficient (Wildman–Crippen LogP) is 5.03. The maximum atomic E-state index is 13.4. The molecular formula is C23H21ClN2O3. The Labute approximate surface area is 173 Å². The summed E-state index contributed by atoms with van der Waals surface area (Å²) >= 11 is 6.35. The fraction of sp³-hybridized carbons (Fsp3) is 0.261. The molecule has 0 unspecified atom stereocenters. The minimum Gasteiger partial charge on any atom is -0.478 e. The maximum absolute atomic E-state index is 13.4. The number of rotatable bonds is 4. The van der Waals surface area contributed by atoms with E-state index < -0.39 is 5.97 Å². The minimum absolute atomic E-state index is 0.160. The first kappa shape index (κ1) is 19.4. The minimum atomic E-state index is -0.971. The predicted molar refractivity (Wildman–Crippen MR) is 111 cm³/mol. The Morgan fingerprint density at radius 2 is 1.76 bits per heavy atom. The number of aryl methyl sites for hydroxylation is 1. The first-order chi connectivity index (χ1) is 14.0. The molecule has 1 aliphatic rings. The third-order valence-corrected chi connectivity index (χ3v) is 5.77. The molecule has 0 atom stereocenters. The topological polar surface area (TPSA) is 72.2 Å².